The number of benzene rings is 2. The standard InChI is InChI=1S/C73H104BN2S/c1-21-26-30-52-31-28-32-53(43-52)54(44-55(23-3)69(11,12)36-27-22-2)49-76-51(8)64(45-56(42-50(6)7)68(9,10)25-5)74-67-66(59-47-62-63(48-65(59)77-67)73(19,20)40-39-72(62,17)18)75(57-33-29-34-58(76)46-57)41-35-61-60(24-4)70(13,14)37-38-71(61,15)16/h21,23-24,29,31,33-35,41,43-48,50,60-61H,1,4,22,25-28,30,32,36-40,42,49H2,2-3,5-20H3/b41-35+,54-44+,55-23+,56-45+,64-51-. The van der Waals surface area contributed by atoms with Crippen LogP contribution in [0.15, 0.2) is 143 Å². The first-order valence-corrected chi connectivity index (χ1v) is 31.2. The highest BCUT2D eigenvalue weighted by atomic mass is 32.1. The molecule has 1 saturated carbocycles. The Morgan fingerprint density at radius 3 is 2.16 bits per heavy atom. The van der Waals surface area contributed by atoms with E-state index < -0.39 is 0 Å². The van der Waals surface area contributed by atoms with Gasteiger partial charge >= 0.3 is 0 Å². The Labute approximate surface area is 477 Å². The van der Waals surface area contributed by atoms with Crippen molar-refractivity contribution in [3.8, 4) is 0 Å². The molecule has 3 aromatic rings. The highest BCUT2D eigenvalue weighted by Crippen LogP contribution is 2.55. The number of hydrogen-bond donors (Lipinski definition) is 0. The summed E-state index contributed by atoms with van der Waals surface area (Å²) in [6.45, 7) is 53.3. The fourth-order valence-corrected chi connectivity index (χ4v) is 14.6. The molecule has 1 aromatic heterocycles. The summed E-state index contributed by atoms with van der Waals surface area (Å²) in [6, 6.07) is 14.9. The van der Waals surface area contributed by atoms with Crippen molar-refractivity contribution < 1.29 is 0 Å². The third-order valence-electron chi connectivity index (χ3n) is 19.6. The third kappa shape index (κ3) is 13.2. The molecular formula is C73H104BN2S. The molecule has 1 fully saturated rings. The summed E-state index contributed by atoms with van der Waals surface area (Å²) in [4.78, 5) is 5.32. The second-order valence-electron chi connectivity index (χ2n) is 28.5. The second kappa shape index (κ2) is 23.8. The van der Waals surface area contributed by atoms with E-state index in [0.29, 0.717) is 17.8 Å². The number of unbranched alkanes of at least 4 members (excludes halogenated alkanes) is 1. The highest BCUT2D eigenvalue weighted by molar-refractivity contribution is 7.29. The lowest BCUT2D eigenvalue weighted by molar-refractivity contribution is 0.0346. The average molecular weight is 1050 g/mol. The van der Waals surface area contributed by atoms with E-state index in [2.05, 4.69) is 246 Å². The van der Waals surface area contributed by atoms with E-state index in [4.69, 9.17) is 0 Å². The molecule has 2 heterocycles. The van der Waals surface area contributed by atoms with E-state index in [9.17, 15) is 0 Å². The average Bonchev–Trinajstić information content (AvgIpc) is 3.76. The molecule has 0 N–H and O–H groups in total. The van der Waals surface area contributed by atoms with Gasteiger partial charge in [0, 0.05) is 39.9 Å². The maximum absolute atomic E-state index is 4.52. The van der Waals surface area contributed by atoms with Crippen molar-refractivity contribution in [3.63, 3.8) is 0 Å². The van der Waals surface area contributed by atoms with E-state index in [1.54, 1.807) is 0 Å². The molecule has 2 aromatic carbocycles. The zero-order chi connectivity index (χ0) is 56.5. The van der Waals surface area contributed by atoms with Crippen LogP contribution in [0.25, 0.3) is 10.1 Å². The molecule has 1 aliphatic heterocycles. The summed E-state index contributed by atoms with van der Waals surface area (Å²) in [6.07, 6.45) is 36.8. The first-order valence-electron chi connectivity index (χ1n) is 30.4. The molecule has 2 unspecified atom stereocenters. The lowest BCUT2D eigenvalue weighted by Gasteiger charge is -2.50. The van der Waals surface area contributed by atoms with Gasteiger partial charge in [-0.2, -0.15) is 0 Å². The first-order chi connectivity index (χ1) is 36.1. The molecule has 0 spiro atoms. The summed E-state index contributed by atoms with van der Waals surface area (Å²) in [5.74, 6) is 1.21. The van der Waals surface area contributed by atoms with Gasteiger partial charge in [-0.1, -0.05) is 195 Å². The van der Waals surface area contributed by atoms with Gasteiger partial charge in [-0.25, -0.2) is 0 Å². The van der Waals surface area contributed by atoms with Crippen molar-refractivity contribution >= 4 is 50.5 Å². The lowest BCUT2D eigenvalue weighted by Crippen LogP contribution is -2.42. The van der Waals surface area contributed by atoms with E-state index in [-0.39, 0.29) is 32.5 Å². The van der Waals surface area contributed by atoms with Crippen molar-refractivity contribution in [2.24, 2.45) is 39.4 Å². The summed E-state index contributed by atoms with van der Waals surface area (Å²) in [5.41, 5.74) is 17.2. The molecule has 0 amide bonds. The molecule has 2 nitrogen and oxygen atoms in total. The van der Waals surface area contributed by atoms with E-state index in [1.807, 2.05) is 11.3 Å². The van der Waals surface area contributed by atoms with Crippen molar-refractivity contribution in [1.82, 2.24) is 0 Å². The summed E-state index contributed by atoms with van der Waals surface area (Å²) >= 11 is 2.00. The maximum atomic E-state index is 4.52. The number of anilines is 3. The molecule has 4 aliphatic rings. The normalized spacial score (nSPS) is 22.9. The fourth-order valence-electron chi connectivity index (χ4n) is 13.4. The largest absolute Gasteiger partial charge is 0.341 e. The summed E-state index contributed by atoms with van der Waals surface area (Å²) in [7, 11) is 2.63. The Kier molecular flexibility index (Phi) is 18.7. The van der Waals surface area contributed by atoms with Crippen LogP contribution in [0.5, 0.6) is 0 Å². The van der Waals surface area contributed by atoms with Crippen LogP contribution in [0.4, 0.5) is 17.1 Å². The third-order valence-corrected chi connectivity index (χ3v) is 20.7. The second-order valence-corrected chi connectivity index (χ2v) is 29.5. The number of fused-ring (bicyclic) bond motifs is 6. The van der Waals surface area contributed by atoms with E-state index >= 15 is 0 Å². The molecule has 2 atom stereocenters. The minimum atomic E-state index is 0.0265. The van der Waals surface area contributed by atoms with Gasteiger partial charge in [-0.3, -0.25) is 0 Å². The van der Waals surface area contributed by atoms with Crippen LogP contribution in [-0.2, 0) is 10.8 Å². The molecule has 77 heavy (non-hydrogen) atoms. The molecular weight excluding hydrogens is 948 g/mol. The zero-order valence-corrected chi connectivity index (χ0v) is 52.9. The molecule has 0 saturated heterocycles. The van der Waals surface area contributed by atoms with Gasteiger partial charge in [-0.15, -0.1) is 24.5 Å². The van der Waals surface area contributed by atoms with Crippen molar-refractivity contribution in [2.75, 3.05) is 16.3 Å². The Morgan fingerprint density at radius 1 is 0.870 bits per heavy atom. The molecule has 4 heteroatoms. The quantitative estimate of drug-likeness (QED) is 0.0671. The predicted molar refractivity (Wildman–Crippen MR) is 346 cm³/mol. The number of nitrogens with zero attached hydrogens (tertiary/aromatic N) is 2. The van der Waals surface area contributed by atoms with E-state index in [1.165, 1.54) is 127 Å². The Morgan fingerprint density at radius 2 is 1.53 bits per heavy atom. The van der Waals surface area contributed by atoms with Gasteiger partial charge in [0.05, 0.1) is 5.69 Å². The topological polar surface area (TPSA) is 6.48 Å². The lowest BCUT2D eigenvalue weighted by atomic mass is 9.54. The van der Waals surface area contributed by atoms with Crippen molar-refractivity contribution in [2.45, 2.75) is 219 Å². The van der Waals surface area contributed by atoms with Crippen LogP contribution in [0.2, 0.25) is 0 Å². The zero-order valence-electron chi connectivity index (χ0n) is 52.1. The van der Waals surface area contributed by atoms with Crippen molar-refractivity contribution in [3.05, 3.63) is 155 Å². The van der Waals surface area contributed by atoms with Crippen molar-refractivity contribution in [1.29, 1.82) is 0 Å². The van der Waals surface area contributed by atoms with Crippen LogP contribution in [0.3, 0.4) is 0 Å². The smallest absolute Gasteiger partial charge is 0.210 e. The molecule has 2 bridgehead atoms. The number of rotatable bonds is 19. The van der Waals surface area contributed by atoms with Gasteiger partial charge in [0.15, 0.2) is 0 Å². The molecule has 3 aliphatic carbocycles. The highest BCUT2D eigenvalue weighted by Gasteiger charge is 2.45. The monoisotopic (exact) mass is 1050 g/mol. The van der Waals surface area contributed by atoms with Gasteiger partial charge in [0.1, 0.15) is 0 Å². The Balaban J connectivity index is 1.59. The van der Waals surface area contributed by atoms with Crippen LogP contribution in [0.1, 0.15) is 219 Å². The molecule has 7 rings (SSSR count). The summed E-state index contributed by atoms with van der Waals surface area (Å²) < 4.78 is 2.69. The van der Waals surface area contributed by atoms with Crippen LogP contribution < -0.4 is 14.6 Å². The fraction of sp³-hybridized carbons (Fsp3) is 0.562. The van der Waals surface area contributed by atoms with Gasteiger partial charge in [0.2, 0.25) is 7.28 Å². The van der Waals surface area contributed by atoms with Crippen LogP contribution in [-0.4, -0.2) is 13.8 Å². The van der Waals surface area contributed by atoms with Gasteiger partial charge in [0.25, 0.3) is 0 Å². The van der Waals surface area contributed by atoms with Crippen LogP contribution in [0, 0.1) is 39.4 Å². The number of hydrogen-bond acceptors (Lipinski definition) is 3. The first kappa shape index (κ1) is 60.4. The summed E-state index contributed by atoms with van der Waals surface area (Å²) in [5, 5.41) is 1.36. The molecule has 415 valence electrons. The SMILES string of the molecule is C=CCCC1=CCCC(/C(=C/C(=C\C)C(C)(C)CCCC)CN2/C(C)=C(/C=C(\CC(C)C)C(C)(C)CC)[B]c3sc4cc5c(cc4c3N(/C=C/C3C(C=C)C(C)(C)CCC3(C)C)c3cccc2c3)C(C)(C)CCC5(C)C)=C1. The number of allylic oxidation sites excluding steroid dienone is 13. The van der Waals surface area contributed by atoms with Gasteiger partial charge < -0.3 is 9.80 Å². The number of thiophene rings is 1. The predicted octanol–water partition coefficient (Wildman–Crippen LogP) is 21.7. The Bertz CT molecular complexity index is 2870. The van der Waals surface area contributed by atoms with Gasteiger partial charge in [-0.05, 0) is 198 Å². The minimum Gasteiger partial charge on any atom is -0.341 e. The maximum Gasteiger partial charge on any atom is 0.210 e. The Hall–Kier alpha value is -4.28. The minimum absolute atomic E-state index is 0.0265. The molecule has 1 radical (unpaired) electrons. The van der Waals surface area contributed by atoms with Crippen LogP contribution >= 0.6 is 11.3 Å². The van der Waals surface area contributed by atoms with E-state index in [0.717, 1.165) is 45.1 Å².